The number of nitrogens with two attached hydrogens (primary N) is 1. The van der Waals surface area contributed by atoms with Gasteiger partial charge in [-0.3, -0.25) is 4.79 Å². The number of nitrogens with zero attached hydrogens (tertiary/aromatic N) is 1. The first-order valence-electron chi connectivity index (χ1n) is 7.60. The van der Waals surface area contributed by atoms with Gasteiger partial charge >= 0.3 is 0 Å². The van der Waals surface area contributed by atoms with Crippen LogP contribution in [0, 0.1) is 13.8 Å². The zero-order valence-electron chi connectivity index (χ0n) is 13.5. The van der Waals surface area contributed by atoms with E-state index < -0.39 is 0 Å². The minimum atomic E-state index is -0.163. The third kappa shape index (κ3) is 3.17. The van der Waals surface area contributed by atoms with Crippen LogP contribution in [0.1, 0.15) is 27.0 Å². The van der Waals surface area contributed by atoms with Gasteiger partial charge in [0, 0.05) is 22.2 Å². The number of fused-ring (bicyclic) bond motifs is 1. The molecule has 0 saturated carbocycles. The summed E-state index contributed by atoms with van der Waals surface area (Å²) >= 11 is 6.26. The number of hydrogen-bond acceptors (Lipinski definition) is 3. The largest absolute Gasteiger partial charge is 0.398 e. The summed E-state index contributed by atoms with van der Waals surface area (Å²) in [6, 6.07) is 13.0. The molecule has 4 heteroatoms. The lowest BCUT2D eigenvalue weighted by Gasteiger charge is -2.06. The Morgan fingerprint density at radius 3 is 2.58 bits per heavy atom. The number of nitrogen functional groups attached to an aromatic ring is 1. The Labute approximate surface area is 145 Å². The van der Waals surface area contributed by atoms with Gasteiger partial charge in [0.1, 0.15) is 5.15 Å². The second-order valence-electron chi connectivity index (χ2n) is 5.78. The number of benzene rings is 2. The lowest BCUT2D eigenvalue weighted by atomic mass is 10.0. The van der Waals surface area contributed by atoms with Gasteiger partial charge in [0.05, 0.1) is 5.52 Å². The van der Waals surface area contributed by atoms with Crippen LogP contribution in [0.3, 0.4) is 0 Å². The van der Waals surface area contributed by atoms with E-state index in [4.69, 9.17) is 17.3 Å². The molecule has 1 aromatic heterocycles. The van der Waals surface area contributed by atoms with Crippen LogP contribution >= 0.6 is 11.6 Å². The molecule has 0 fully saturated rings. The summed E-state index contributed by atoms with van der Waals surface area (Å²) in [6.07, 6.45) is 3.15. The van der Waals surface area contributed by atoms with E-state index in [0.717, 1.165) is 10.9 Å². The molecule has 2 aromatic carbocycles. The highest BCUT2D eigenvalue weighted by Gasteiger charge is 2.08. The van der Waals surface area contributed by atoms with Crippen molar-refractivity contribution in [1.29, 1.82) is 0 Å². The van der Waals surface area contributed by atoms with Crippen LogP contribution in [0.5, 0.6) is 0 Å². The van der Waals surface area contributed by atoms with Crippen LogP contribution in [-0.2, 0) is 0 Å². The lowest BCUT2D eigenvalue weighted by Crippen LogP contribution is -2.00. The molecule has 0 radical (unpaired) electrons. The van der Waals surface area contributed by atoms with Crippen molar-refractivity contribution in [2.24, 2.45) is 0 Å². The summed E-state index contributed by atoms with van der Waals surface area (Å²) in [6.45, 7) is 4.10. The Morgan fingerprint density at radius 2 is 1.83 bits per heavy atom. The molecule has 0 aliphatic carbocycles. The van der Waals surface area contributed by atoms with E-state index in [1.165, 1.54) is 17.2 Å². The standard InChI is InChI=1S/C20H17ClN2O/c1-12-9-15-11-14(20(21)23-18(15)10-13(12)2)7-8-19(24)16-5-3-4-6-17(16)22/h3-11H,22H2,1-2H3. The summed E-state index contributed by atoms with van der Waals surface area (Å²) < 4.78 is 0. The number of anilines is 1. The number of carbonyl (C=O) groups excluding carboxylic acids is 1. The van der Waals surface area contributed by atoms with E-state index in [2.05, 4.69) is 18.0 Å². The fourth-order valence-corrected chi connectivity index (χ4v) is 2.74. The van der Waals surface area contributed by atoms with Gasteiger partial charge in [0.25, 0.3) is 0 Å². The average Bonchev–Trinajstić information content (AvgIpc) is 2.55. The van der Waals surface area contributed by atoms with Gasteiger partial charge in [-0.1, -0.05) is 23.7 Å². The SMILES string of the molecule is Cc1cc2cc(C=CC(=O)c3ccccc3N)c(Cl)nc2cc1C. The molecule has 0 bridgehead atoms. The maximum atomic E-state index is 12.3. The van der Waals surface area contributed by atoms with E-state index in [1.54, 1.807) is 30.3 Å². The Kier molecular flexibility index (Phi) is 4.36. The van der Waals surface area contributed by atoms with Gasteiger partial charge in [-0.2, -0.15) is 0 Å². The lowest BCUT2D eigenvalue weighted by molar-refractivity contribution is 0.104. The molecule has 2 N–H and O–H groups in total. The molecule has 0 atom stereocenters. The maximum absolute atomic E-state index is 12.3. The first-order chi connectivity index (χ1) is 11.5. The molecule has 0 aliphatic rings. The van der Waals surface area contributed by atoms with Crippen molar-refractivity contribution in [2.75, 3.05) is 5.73 Å². The van der Waals surface area contributed by atoms with Crippen LogP contribution in [-0.4, -0.2) is 10.8 Å². The van der Waals surface area contributed by atoms with Crippen LogP contribution < -0.4 is 5.73 Å². The average molecular weight is 337 g/mol. The molecule has 0 saturated heterocycles. The topological polar surface area (TPSA) is 56.0 Å². The number of halogens is 1. The quantitative estimate of drug-likeness (QED) is 0.317. The predicted octanol–water partition coefficient (Wildman–Crippen LogP) is 4.98. The second kappa shape index (κ2) is 6.46. The molecule has 0 unspecified atom stereocenters. The van der Waals surface area contributed by atoms with Gasteiger partial charge in [-0.15, -0.1) is 0 Å². The monoisotopic (exact) mass is 336 g/mol. The van der Waals surface area contributed by atoms with E-state index in [1.807, 2.05) is 19.1 Å². The number of aryl methyl sites for hydroxylation is 2. The number of pyridine rings is 1. The van der Waals surface area contributed by atoms with Gasteiger partial charge in [-0.25, -0.2) is 4.98 Å². The third-order valence-electron chi connectivity index (χ3n) is 4.05. The van der Waals surface area contributed by atoms with Crippen LogP contribution in [0.4, 0.5) is 5.69 Å². The van der Waals surface area contributed by atoms with Crippen molar-refractivity contribution in [2.45, 2.75) is 13.8 Å². The number of hydrogen-bond donors (Lipinski definition) is 1. The minimum Gasteiger partial charge on any atom is -0.398 e. The number of aromatic nitrogens is 1. The molecule has 120 valence electrons. The molecule has 3 aromatic rings. The Balaban J connectivity index is 1.97. The first kappa shape index (κ1) is 16.2. The van der Waals surface area contributed by atoms with Crippen molar-refractivity contribution in [3.63, 3.8) is 0 Å². The summed E-state index contributed by atoms with van der Waals surface area (Å²) in [4.78, 5) is 16.7. The minimum absolute atomic E-state index is 0.163. The Morgan fingerprint density at radius 1 is 1.12 bits per heavy atom. The van der Waals surface area contributed by atoms with Crippen molar-refractivity contribution >= 4 is 40.1 Å². The number of rotatable bonds is 3. The molecule has 0 aliphatic heterocycles. The van der Waals surface area contributed by atoms with E-state index >= 15 is 0 Å². The van der Waals surface area contributed by atoms with Gasteiger partial charge in [-0.05, 0) is 67.5 Å². The highest BCUT2D eigenvalue weighted by molar-refractivity contribution is 6.31. The summed E-state index contributed by atoms with van der Waals surface area (Å²) in [5.74, 6) is -0.163. The number of carbonyl (C=O) groups is 1. The van der Waals surface area contributed by atoms with Gasteiger partial charge in [0.15, 0.2) is 5.78 Å². The van der Waals surface area contributed by atoms with Crippen molar-refractivity contribution in [3.05, 3.63) is 75.9 Å². The van der Waals surface area contributed by atoms with Crippen LogP contribution in [0.15, 0.2) is 48.5 Å². The molecule has 3 rings (SSSR count). The molecule has 1 heterocycles. The summed E-state index contributed by atoms with van der Waals surface area (Å²) in [7, 11) is 0. The zero-order chi connectivity index (χ0) is 17.3. The normalized spacial score (nSPS) is 11.3. The van der Waals surface area contributed by atoms with Crippen LogP contribution in [0.25, 0.3) is 17.0 Å². The van der Waals surface area contributed by atoms with E-state index in [-0.39, 0.29) is 5.78 Å². The highest BCUT2D eigenvalue weighted by atomic mass is 35.5. The Hall–Kier alpha value is -2.65. The number of para-hydroxylation sites is 1. The highest BCUT2D eigenvalue weighted by Crippen LogP contribution is 2.24. The first-order valence-corrected chi connectivity index (χ1v) is 7.98. The summed E-state index contributed by atoms with van der Waals surface area (Å²) in [5, 5.41) is 1.37. The summed E-state index contributed by atoms with van der Waals surface area (Å²) in [5.41, 5.74) is 10.7. The molecular weight excluding hydrogens is 320 g/mol. The number of ketones is 1. The third-order valence-corrected chi connectivity index (χ3v) is 4.35. The number of allylic oxidation sites excluding steroid dienone is 1. The molecular formula is C20H17ClN2O. The molecule has 24 heavy (non-hydrogen) atoms. The predicted molar refractivity (Wildman–Crippen MR) is 100 cm³/mol. The van der Waals surface area contributed by atoms with Crippen molar-refractivity contribution < 1.29 is 4.79 Å². The Bertz CT molecular complexity index is 977. The van der Waals surface area contributed by atoms with E-state index in [0.29, 0.717) is 22.0 Å². The fourth-order valence-electron chi connectivity index (χ4n) is 2.53. The molecule has 0 spiro atoms. The molecule has 0 amide bonds. The van der Waals surface area contributed by atoms with Gasteiger partial charge < -0.3 is 5.73 Å². The van der Waals surface area contributed by atoms with Crippen molar-refractivity contribution in [1.82, 2.24) is 4.98 Å². The van der Waals surface area contributed by atoms with Crippen LogP contribution in [0.2, 0.25) is 5.15 Å². The molecule has 3 nitrogen and oxygen atoms in total. The maximum Gasteiger partial charge on any atom is 0.187 e. The fraction of sp³-hybridized carbons (Fsp3) is 0.100. The smallest absolute Gasteiger partial charge is 0.187 e. The van der Waals surface area contributed by atoms with Crippen molar-refractivity contribution in [3.8, 4) is 0 Å². The second-order valence-corrected chi connectivity index (χ2v) is 6.14. The zero-order valence-corrected chi connectivity index (χ0v) is 14.3. The van der Waals surface area contributed by atoms with Gasteiger partial charge in [0.2, 0.25) is 0 Å². The van der Waals surface area contributed by atoms with E-state index in [9.17, 15) is 4.79 Å².